The molecule has 1 aliphatic heterocycles. The van der Waals surface area contributed by atoms with E-state index in [4.69, 9.17) is 5.73 Å². The van der Waals surface area contributed by atoms with Gasteiger partial charge in [-0.2, -0.15) is 0 Å². The number of hydrogen-bond donors (Lipinski definition) is 1. The second kappa shape index (κ2) is 5.26. The second-order valence-electron chi connectivity index (χ2n) is 5.32. The lowest BCUT2D eigenvalue weighted by Gasteiger charge is -2.34. The summed E-state index contributed by atoms with van der Waals surface area (Å²) in [4.78, 5) is 15.1. The van der Waals surface area contributed by atoms with Crippen LogP contribution in [-0.4, -0.2) is 43.9 Å². The van der Waals surface area contributed by atoms with Gasteiger partial charge in [-0.25, -0.2) is 8.78 Å². The molecule has 1 saturated heterocycles. The van der Waals surface area contributed by atoms with Gasteiger partial charge in [0.15, 0.2) is 0 Å². The maximum Gasteiger partial charge on any atom is 0.253 e. The Hall–Kier alpha value is -1.85. The van der Waals surface area contributed by atoms with Gasteiger partial charge in [0.2, 0.25) is 0 Å². The molecule has 4 nitrogen and oxygen atoms in total. The number of piperidine rings is 1. The van der Waals surface area contributed by atoms with E-state index in [1.54, 1.807) is 32.3 Å². The van der Waals surface area contributed by atoms with E-state index >= 15 is 0 Å². The van der Waals surface area contributed by atoms with E-state index in [0.717, 1.165) is 5.69 Å². The molecule has 1 aromatic rings. The van der Waals surface area contributed by atoms with Gasteiger partial charge < -0.3 is 15.5 Å². The monoisotopic (exact) mass is 283 g/mol. The van der Waals surface area contributed by atoms with Crippen LogP contribution in [0.15, 0.2) is 18.2 Å². The molecule has 0 atom stereocenters. The van der Waals surface area contributed by atoms with Crippen molar-refractivity contribution >= 4 is 17.3 Å². The summed E-state index contributed by atoms with van der Waals surface area (Å²) in [6, 6.07) is 5.01. The molecule has 0 aliphatic carbocycles. The van der Waals surface area contributed by atoms with Gasteiger partial charge in [-0.05, 0) is 18.2 Å². The van der Waals surface area contributed by atoms with Crippen LogP contribution in [0.2, 0.25) is 0 Å². The predicted molar refractivity (Wildman–Crippen MR) is 75.3 cm³/mol. The largest absolute Gasteiger partial charge is 0.397 e. The molecule has 2 N–H and O–H groups in total. The first kappa shape index (κ1) is 14.6. The van der Waals surface area contributed by atoms with Crippen LogP contribution in [-0.2, 0) is 0 Å². The minimum absolute atomic E-state index is 0.131. The fourth-order valence-electron chi connectivity index (χ4n) is 2.31. The number of hydrogen-bond acceptors (Lipinski definition) is 3. The van der Waals surface area contributed by atoms with Gasteiger partial charge in [-0.15, -0.1) is 0 Å². The Labute approximate surface area is 117 Å². The first-order chi connectivity index (χ1) is 9.30. The molecule has 0 unspecified atom stereocenters. The third-order valence-corrected chi connectivity index (χ3v) is 3.52. The number of halogens is 2. The molecule has 0 radical (unpaired) electrons. The lowest BCUT2D eigenvalue weighted by molar-refractivity contribution is -0.0220. The Morgan fingerprint density at radius 1 is 1.30 bits per heavy atom. The van der Waals surface area contributed by atoms with Gasteiger partial charge in [0.25, 0.3) is 11.8 Å². The average Bonchev–Trinajstić information content (AvgIpc) is 2.38. The SMILES string of the molecule is CN(C)C(=O)c1ccc(N2CCC(F)(F)CC2)c(N)c1. The standard InChI is InChI=1S/C14H19F2N3O/c1-18(2)13(20)10-3-4-12(11(17)9-10)19-7-5-14(15,16)6-8-19/h3-4,9H,5-8,17H2,1-2H3. The number of nitrogen functional groups attached to an aromatic ring is 1. The Morgan fingerprint density at radius 2 is 1.90 bits per heavy atom. The highest BCUT2D eigenvalue weighted by Crippen LogP contribution is 2.33. The van der Waals surface area contributed by atoms with Gasteiger partial charge in [0.05, 0.1) is 11.4 Å². The Balaban J connectivity index is 2.17. The summed E-state index contributed by atoms with van der Waals surface area (Å²) in [7, 11) is 3.33. The van der Waals surface area contributed by atoms with Crippen molar-refractivity contribution in [1.29, 1.82) is 0 Å². The number of rotatable bonds is 2. The van der Waals surface area contributed by atoms with Crippen LogP contribution in [0.3, 0.4) is 0 Å². The Morgan fingerprint density at radius 3 is 2.40 bits per heavy atom. The van der Waals surface area contributed by atoms with E-state index < -0.39 is 5.92 Å². The van der Waals surface area contributed by atoms with Gasteiger partial charge in [-0.3, -0.25) is 4.79 Å². The smallest absolute Gasteiger partial charge is 0.253 e. The number of carbonyl (C=O) groups is 1. The number of alkyl halides is 2. The molecule has 1 amide bonds. The summed E-state index contributed by atoms with van der Waals surface area (Å²) in [5.41, 5.74) is 7.62. The number of nitrogens with two attached hydrogens (primary N) is 1. The summed E-state index contributed by atoms with van der Waals surface area (Å²) >= 11 is 0. The lowest BCUT2D eigenvalue weighted by atomic mass is 10.0. The molecule has 1 heterocycles. The number of carbonyl (C=O) groups excluding carboxylic acids is 1. The highest BCUT2D eigenvalue weighted by Gasteiger charge is 2.34. The first-order valence-corrected chi connectivity index (χ1v) is 6.54. The van der Waals surface area contributed by atoms with Crippen molar-refractivity contribution in [2.45, 2.75) is 18.8 Å². The minimum Gasteiger partial charge on any atom is -0.397 e. The zero-order chi connectivity index (χ0) is 14.9. The molecule has 0 aromatic heterocycles. The molecule has 0 bridgehead atoms. The molecular formula is C14H19F2N3O. The van der Waals surface area contributed by atoms with Crippen LogP contribution in [0.25, 0.3) is 0 Å². The Bertz CT molecular complexity index is 507. The summed E-state index contributed by atoms with van der Waals surface area (Å²) in [6.07, 6.45) is -0.324. The summed E-state index contributed by atoms with van der Waals surface area (Å²) in [5, 5.41) is 0. The van der Waals surface area contributed by atoms with Crippen LogP contribution in [0.4, 0.5) is 20.2 Å². The summed E-state index contributed by atoms with van der Waals surface area (Å²) in [6.45, 7) is 0.552. The quantitative estimate of drug-likeness (QED) is 0.847. The first-order valence-electron chi connectivity index (χ1n) is 6.54. The molecule has 1 aliphatic rings. The maximum absolute atomic E-state index is 13.1. The third kappa shape index (κ3) is 3.00. The normalized spacial score (nSPS) is 17.9. The van der Waals surface area contributed by atoms with Crippen molar-refractivity contribution in [3.8, 4) is 0 Å². The van der Waals surface area contributed by atoms with E-state index in [-0.39, 0.29) is 31.8 Å². The molecule has 0 spiro atoms. The van der Waals surface area contributed by atoms with Gasteiger partial charge in [-0.1, -0.05) is 0 Å². The molecule has 1 fully saturated rings. The molecule has 6 heteroatoms. The number of amides is 1. The number of nitrogens with zero attached hydrogens (tertiary/aromatic N) is 2. The zero-order valence-corrected chi connectivity index (χ0v) is 11.7. The van der Waals surface area contributed by atoms with Crippen LogP contribution in [0, 0.1) is 0 Å². The highest BCUT2D eigenvalue weighted by molar-refractivity contribution is 5.95. The van der Waals surface area contributed by atoms with Crippen LogP contribution >= 0.6 is 0 Å². The number of benzene rings is 1. The van der Waals surface area contributed by atoms with Crippen molar-refractivity contribution in [3.63, 3.8) is 0 Å². The summed E-state index contributed by atoms with van der Waals surface area (Å²) in [5.74, 6) is -2.71. The molecule has 20 heavy (non-hydrogen) atoms. The van der Waals surface area contributed by atoms with Crippen LogP contribution in [0.1, 0.15) is 23.2 Å². The van der Waals surface area contributed by atoms with Gasteiger partial charge in [0.1, 0.15) is 0 Å². The molecular weight excluding hydrogens is 264 g/mol. The zero-order valence-electron chi connectivity index (χ0n) is 11.7. The molecule has 0 saturated carbocycles. The topological polar surface area (TPSA) is 49.6 Å². The van der Waals surface area contributed by atoms with Gasteiger partial charge in [0, 0.05) is 45.6 Å². The number of anilines is 2. The van der Waals surface area contributed by atoms with Crippen LogP contribution in [0.5, 0.6) is 0 Å². The van der Waals surface area contributed by atoms with Crippen LogP contribution < -0.4 is 10.6 Å². The van der Waals surface area contributed by atoms with Crippen molar-refractivity contribution in [2.24, 2.45) is 0 Å². The Kier molecular flexibility index (Phi) is 3.83. The van der Waals surface area contributed by atoms with Gasteiger partial charge >= 0.3 is 0 Å². The van der Waals surface area contributed by atoms with E-state index in [1.807, 2.05) is 4.90 Å². The van der Waals surface area contributed by atoms with Crippen molar-refractivity contribution < 1.29 is 13.6 Å². The fraction of sp³-hybridized carbons (Fsp3) is 0.500. The summed E-state index contributed by atoms with van der Waals surface area (Å²) < 4.78 is 26.3. The average molecular weight is 283 g/mol. The fourth-order valence-corrected chi connectivity index (χ4v) is 2.31. The molecule has 110 valence electrons. The van der Waals surface area contributed by atoms with E-state index in [1.165, 1.54) is 4.90 Å². The van der Waals surface area contributed by atoms with Crippen molar-refractivity contribution in [3.05, 3.63) is 23.8 Å². The van der Waals surface area contributed by atoms with E-state index in [9.17, 15) is 13.6 Å². The molecule has 2 rings (SSSR count). The van der Waals surface area contributed by atoms with E-state index in [0.29, 0.717) is 11.3 Å². The highest BCUT2D eigenvalue weighted by atomic mass is 19.3. The van der Waals surface area contributed by atoms with Crippen molar-refractivity contribution in [2.75, 3.05) is 37.8 Å². The van der Waals surface area contributed by atoms with Crippen molar-refractivity contribution in [1.82, 2.24) is 4.90 Å². The third-order valence-electron chi connectivity index (χ3n) is 3.52. The maximum atomic E-state index is 13.1. The van der Waals surface area contributed by atoms with E-state index in [2.05, 4.69) is 0 Å². The predicted octanol–water partition coefficient (Wildman–Crippen LogP) is 2.21. The lowest BCUT2D eigenvalue weighted by Crippen LogP contribution is -2.39. The second-order valence-corrected chi connectivity index (χ2v) is 5.32. The minimum atomic E-state index is -2.58. The molecule has 1 aromatic carbocycles.